The van der Waals surface area contributed by atoms with Crippen LogP contribution in [-0.2, 0) is 6.54 Å². The minimum Gasteiger partial charge on any atom is -0.316 e. The van der Waals surface area contributed by atoms with Gasteiger partial charge in [0, 0.05) is 25.8 Å². The highest BCUT2D eigenvalue weighted by Crippen LogP contribution is 2.36. The van der Waals surface area contributed by atoms with Gasteiger partial charge in [0.05, 0.1) is 0 Å². The molecule has 2 rings (SSSR count). The molecule has 0 amide bonds. The maximum absolute atomic E-state index is 6.08. The lowest BCUT2D eigenvalue weighted by molar-refractivity contribution is 0.803. The van der Waals surface area contributed by atoms with Gasteiger partial charge < -0.3 is 5.32 Å². The van der Waals surface area contributed by atoms with Crippen molar-refractivity contribution in [2.45, 2.75) is 16.3 Å². The molecule has 1 N–H and O–H groups in total. The fraction of sp³-hybridized carbons (Fsp3) is 0.143. The summed E-state index contributed by atoms with van der Waals surface area (Å²) in [6, 6.07) is 14.2. The highest BCUT2D eigenvalue weighted by Gasteiger charge is 2.07. The molecule has 0 unspecified atom stereocenters. The highest BCUT2D eigenvalue weighted by atomic mass is 79.9. The third-order valence-corrected chi connectivity index (χ3v) is 4.82. The molecule has 2 aromatic carbocycles. The van der Waals surface area contributed by atoms with Crippen LogP contribution < -0.4 is 5.32 Å². The van der Waals surface area contributed by atoms with Crippen molar-refractivity contribution in [3.63, 3.8) is 0 Å². The molecule has 0 saturated heterocycles. The Morgan fingerprint density at radius 3 is 2.67 bits per heavy atom. The van der Waals surface area contributed by atoms with E-state index in [1.165, 1.54) is 15.4 Å². The third kappa shape index (κ3) is 3.51. The SMILES string of the molecule is CNCc1ccc(Cl)cc1Sc1ccccc1Br. The van der Waals surface area contributed by atoms with Crippen LogP contribution in [0.5, 0.6) is 0 Å². The Morgan fingerprint density at radius 1 is 1.17 bits per heavy atom. The average molecular weight is 343 g/mol. The Kier molecular flexibility index (Phi) is 5.13. The van der Waals surface area contributed by atoms with Crippen LogP contribution in [0.3, 0.4) is 0 Å². The standard InChI is InChI=1S/C14H13BrClNS/c1-17-9-10-6-7-11(16)8-14(10)18-13-5-3-2-4-12(13)15/h2-8,17H,9H2,1H3. The summed E-state index contributed by atoms with van der Waals surface area (Å²) in [5.41, 5.74) is 1.25. The van der Waals surface area contributed by atoms with E-state index < -0.39 is 0 Å². The van der Waals surface area contributed by atoms with Crippen LogP contribution in [0.15, 0.2) is 56.7 Å². The van der Waals surface area contributed by atoms with Crippen LogP contribution in [0.4, 0.5) is 0 Å². The Hall–Kier alpha value is -0.480. The van der Waals surface area contributed by atoms with Gasteiger partial charge in [-0.3, -0.25) is 0 Å². The minimum atomic E-state index is 0.768. The first-order valence-corrected chi connectivity index (χ1v) is 7.55. The predicted molar refractivity (Wildman–Crippen MR) is 82.5 cm³/mol. The second kappa shape index (κ2) is 6.62. The molecular formula is C14H13BrClNS. The van der Waals surface area contributed by atoms with Gasteiger partial charge in [-0.1, -0.05) is 41.6 Å². The van der Waals surface area contributed by atoms with Crippen molar-refractivity contribution in [3.05, 3.63) is 57.5 Å². The van der Waals surface area contributed by atoms with E-state index in [2.05, 4.69) is 33.4 Å². The molecule has 94 valence electrons. The second-order valence-corrected chi connectivity index (χ2v) is 6.19. The number of nitrogens with one attached hydrogen (secondary N) is 1. The van der Waals surface area contributed by atoms with Crippen molar-refractivity contribution < 1.29 is 0 Å². The van der Waals surface area contributed by atoms with Gasteiger partial charge in [-0.2, -0.15) is 0 Å². The van der Waals surface area contributed by atoms with Crippen LogP contribution in [0.2, 0.25) is 5.02 Å². The van der Waals surface area contributed by atoms with E-state index in [1.807, 2.05) is 37.4 Å². The molecule has 18 heavy (non-hydrogen) atoms. The maximum Gasteiger partial charge on any atom is 0.0417 e. The van der Waals surface area contributed by atoms with Crippen molar-refractivity contribution in [2.24, 2.45) is 0 Å². The van der Waals surface area contributed by atoms with E-state index in [0.29, 0.717) is 0 Å². The molecule has 0 fully saturated rings. The van der Waals surface area contributed by atoms with Gasteiger partial charge in [-0.25, -0.2) is 0 Å². The average Bonchev–Trinajstić information content (AvgIpc) is 2.36. The van der Waals surface area contributed by atoms with Crippen LogP contribution in [-0.4, -0.2) is 7.05 Å². The molecule has 2 aromatic rings. The summed E-state index contributed by atoms with van der Waals surface area (Å²) in [4.78, 5) is 2.38. The van der Waals surface area contributed by atoms with E-state index in [4.69, 9.17) is 11.6 Å². The Bertz CT molecular complexity index is 545. The van der Waals surface area contributed by atoms with Gasteiger partial charge in [-0.15, -0.1) is 0 Å². The Balaban J connectivity index is 2.33. The summed E-state index contributed by atoms with van der Waals surface area (Å²) in [5.74, 6) is 0. The molecule has 0 heterocycles. The summed E-state index contributed by atoms with van der Waals surface area (Å²) in [7, 11) is 1.95. The van der Waals surface area contributed by atoms with Gasteiger partial charge >= 0.3 is 0 Å². The van der Waals surface area contributed by atoms with E-state index in [1.54, 1.807) is 11.8 Å². The van der Waals surface area contributed by atoms with Gasteiger partial charge in [0.15, 0.2) is 0 Å². The molecule has 0 saturated carbocycles. The van der Waals surface area contributed by atoms with Crippen LogP contribution in [0.1, 0.15) is 5.56 Å². The summed E-state index contributed by atoms with van der Waals surface area (Å²) in [6.07, 6.45) is 0. The van der Waals surface area contributed by atoms with Crippen molar-refractivity contribution >= 4 is 39.3 Å². The van der Waals surface area contributed by atoms with Crippen molar-refractivity contribution in [1.82, 2.24) is 5.32 Å². The second-order valence-electron chi connectivity index (χ2n) is 3.81. The largest absolute Gasteiger partial charge is 0.316 e. The first-order valence-electron chi connectivity index (χ1n) is 5.56. The quantitative estimate of drug-likeness (QED) is 0.841. The van der Waals surface area contributed by atoms with E-state index >= 15 is 0 Å². The molecule has 0 aliphatic rings. The monoisotopic (exact) mass is 341 g/mol. The normalized spacial score (nSPS) is 10.6. The predicted octanol–water partition coefficient (Wildman–Crippen LogP) is 4.97. The molecule has 0 aliphatic carbocycles. The molecule has 1 nitrogen and oxygen atoms in total. The van der Waals surface area contributed by atoms with Crippen molar-refractivity contribution in [2.75, 3.05) is 7.05 Å². The van der Waals surface area contributed by atoms with Crippen molar-refractivity contribution in [3.8, 4) is 0 Å². The number of hydrogen-bond donors (Lipinski definition) is 1. The van der Waals surface area contributed by atoms with Crippen LogP contribution in [0.25, 0.3) is 0 Å². The zero-order valence-electron chi connectivity index (χ0n) is 9.91. The number of halogens is 2. The molecule has 0 aromatic heterocycles. The number of hydrogen-bond acceptors (Lipinski definition) is 2. The lowest BCUT2D eigenvalue weighted by Crippen LogP contribution is -2.05. The van der Waals surface area contributed by atoms with Gasteiger partial charge in [0.25, 0.3) is 0 Å². The van der Waals surface area contributed by atoms with E-state index in [-0.39, 0.29) is 0 Å². The Morgan fingerprint density at radius 2 is 1.94 bits per heavy atom. The topological polar surface area (TPSA) is 12.0 Å². The van der Waals surface area contributed by atoms with Crippen molar-refractivity contribution in [1.29, 1.82) is 0 Å². The maximum atomic E-state index is 6.08. The zero-order chi connectivity index (χ0) is 13.0. The Labute approximate surface area is 125 Å². The molecule has 0 atom stereocenters. The lowest BCUT2D eigenvalue weighted by Gasteiger charge is -2.10. The van der Waals surface area contributed by atoms with E-state index in [9.17, 15) is 0 Å². The smallest absolute Gasteiger partial charge is 0.0417 e. The molecule has 0 spiro atoms. The summed E-state index contributed by atoms with van der Waals surface area (Å²) >= 11 is 11.4. The summed E-state index contributed by atoms with van der Waals surface area (Å²) < 4.78 is 1.10. The third-order valence-electron chi connectivity index (χ3n) is 2.45. The lowest BCUT2D eigenvalue weighted by atomic mass is 10.2. The molecule has 0 aliphatic heterocycles. The summed E-state index contributed by atoms with van der Waals surface area (Å²) in [5, 5.41) is 3.94. The van der Waals surface area contributed by atoms with Crippen LogP contribution in [0, 0.1) is 0 Å². The zero-order valence-corrected chi connectivity index (χ0v) is 13.1. The fourth-order valence-corrected chi connectivity index (χ4v) is 3.38. The molecule has 4 heteroatoms. The fourth-order valence-electron chi connectivity index (χ4n) is 1.61. The van der Waals surface area contributed by atoms with Crippen LogP contribution >= 0.6 is 39.3 Å². The molecule has 0 bridgehead atoms. The van der Waals surface area contributed by atoms with Gasteiger partial charge in [-0.05, 0) is 52.8 Å². The van der Waals surface area contributed by atoms with Gasteiger partial charge in [0.2, 0.25) is 0 Å². The molecule has 0 radical (unpaired) electrons. The van der Waals surface area contributed by atoms with E-state index in [0.717, 1.165) is 16.0 Å². The number of benzene rings is 2. The first kappa shape index (κ1) is 13.9. The van der Waals surface area contributed by atoms with Gasteiger partial charge in [0.1, 0.15) is 0 Å². The highest BCUT2D eigenvalue weighted by molar-refractivity contribution is 9.10. The number of rotatable bonds is 4. The minimum absolute atomic E-state index is 0.768. The first-order chi connectivity index (χ1) is 8.70. The summed E-state index contributed by atoms with van der Waals surface area (Å²) in [6.45, 7) is 0.837. The molecular weight excluding hydrogens is 330 g/mol.